The molecule has 2 N–H and O–H groups in total. The van der Waals surface area contributed by atoms with Crippen LogP contribution in [-0.4, -0.2) is 21.3 Å². The third-order valence-electron chi connectivity index (χ3n) is 3.21. The fourth-order valence-electron chi connectivity index (χ4n) is 2.25. The van der Waals surface area contributed by atoms with Crippen LogP contribution in [0.15, 0.2) is 30.3 Å². The number of aromatic nitrogens is 3. The number of aryl methyl sites for hydroxylation is 2. The maximum atomic E-state index is 5.67. The molecule has 2 rings (SSSR count). The minimum atomic E-state index is 0.575. The van der Waals surface area contributed by atoms with Crippen LogP contribution >= 0.6 is 0 Å². The average molecular weight is 272 g/mol. The van der Waals surface area contributed by atoms with Crippen LogP contribution in [0.3, 0.4) is 0 Å². The molecular weight excluding hydrogens is 248 g/mol. The number of hydrogen-bond donors (Lipinski definition) is 1. The Kier molecular flexibility index (Phi) is 5.30. The summed E-state index contributed by atoms with van der Waals surface area (Å²) >= 11 is 0. The van der Waals surface area contributed by atoms with Gasteiger partial charge in [0.25, 0.3) is 0 Å². The number of nitrogens with two attached hydrogens (primary N) is 1. The standard InChI is InChI=1S/C16H24N4/c1-13(2)12-15-18-16(8-10-17)20(19-15)11-9-14-6-4-3-5-7-14/h3-7,13H,8-12,17H2,1-2H3. The van der Waals surface area contributed by atoms with Gasteiger partial charge in [-0.1, -0.05) is 44.2 Å². The predicted molar refractivity (Wildman–Crippen MR) is 81.5 cm³/mol. The van der Waals surface area contributed by atoms with Gasteiger partial charge in [-0.2, -0.15) is 5.10 Å². The Balaban J connectivity index is 2.06. The lowest BCUT2D eigenvalue weighted by molar-refractivity contribution is 0.562. The molecule has 0 aliphatic heterocycles. The number of rotatable bonds is 7. The van der Waals surface area contributed by atoms with Crippen LogP contribution < -0.4 is 5.73 Å². The van der Waals surface area contributed by atoms with Crippen LogP contribution in [0, 0.1) is 5.92 Å². The Bertz CT molecular complexity index is 517. The Labute approximate surface area is 121 Å². The molecule has 4 nitrogen and oxygen atoms in total. The van der Waals surface area contributed by atoms with Crippen LogP contribution in [-0.2, 0) is 25.8 Å². The third kappa shape index (κ3) is 4.17. The van der Waals surface area contributed by atoms with Crippen molar-refractivity contribution in [3.05, 3.63) is 47.5 Å². The van der Waals surface area contributed by atoms with Gasteiger partial charge in [0, 0.05) is 19.4 Å². The van der Waals surface area contributed by atoms with E-state index in [0.29, 0.717) is 12.5 Å². The minimum absolute atomic E-state index is 0.575. The topological polar surface area (TPSA) is 56.7 Å². The SMILES string of the molecule is CC(C)Cc1nc(CCN)n(CCc2ccccc2)n1. The second kappa shape index (κ2) is 7.20. The zero-order valence-electron chi connectivity index (χ0n) is 12.4. The molecule has 2 aromatic rings. The van der Waals surface area contributed by atoms with Crippen molar-refractivity contribution in [2.75, 3.05) is 6.54 Å². The zero-order valence-corrected chi connectivity index (χ0v) is 12.4. The molecule has 1 aromatic heterocycles. The number of benzene rings is 1. The Morgan fingerprint density at radius 3 is 2.55 bits per heavy atom. The summed E-state index contributed by atoms with van der Waals surface area (Å²) in [5.74, 6) is 2.53. The van der Waals surface area contributed by atoms with Gasteiger partial charge >= 0.3 is 0 Å². The second-order valence-electron chi connectivity index (χ2n) is 5.54. The summed E-state index contributed by atoms with van der Waals surface area (Å²) in [5, 5.41) is 4.63. The lowest BCUT2D eigenvalue weighted by atomic mass is 10.1. The van der Waals surface area contributed by atoms with Gasteiger partial charge in [0.1, 0.15) is 5.82 Å². The van der Waals surface area contributed by atoms with Crippen molar-refractivity contribution in [2.45, 2.75) is 39.7 Å². The summed E-state index contributed by atoms with van der Waals surface area (Å²) in [7, 11) is 0. The van der Waals surface area contributed by atoms with E-state index in [0.717, 1.165) is 37.5 Å². The molecule has 0 atom stereocenters. The van der Waals surface area contributed by atoms with Crippen LogP contribution in [0.25, 0.3) is 0 Å². The summed E-state index contributed by atoms with van der Waals surface area (Å²) < 4.78 is 2.03. The van der Waals surface area contributed by atoms with E-state index < -0.39 is 0 Å². The molecule has 0 unspecified atom stereocenters. The molecule has 1 aromatic carbocycles. The molecule has 0 bridgehead atoms. The van der Waals surface area contributed by atoms with Crippen molar-refractivity contribution < 1.29 is 0 Å². The van der Waals surface area contributed by atoms with Gasteiger partial charge in [0.15, 0.2) is 5.82 Å². The van der Waals surface area contributed by atoms with Crippen LogP contribution in [0.1, 0.15) is 31.1 Å². The van der Waals surface area contributed by atoms with Gasteiger partial charge in [-0.25, -0.2) is 9.67 Å². The molecule has 0 saturated heterocycles. The van der Waals surface area contributed by atoms with Crippen LogP contribution in [0.2, 0.25) is 0 Å². The Morgan fingerprint density at radius 2 is 1.90 bits per heavy atom. The highest BCUT2D eigenvalue weighted by Crippen LogP contribution is 2.08. The van der Waals surface area contributed by atoms with Crippen molar-refractivity contribution in [3.8, 4) is 0 Å². The van der Waals surface area contributed by atoms with E-state index in [9.17, 15) is 0 Å². The molecule has 0 spiro atoms. The van der Waals surface area contributed by atoms with Crippen molar-refractivity contribution in [1.29, 1.82) is 0 Å². The molecule has 0 radical (unpaired) electrons. The molecule has 108 valence electrons. The molecule has 0 fully saturated rings. The first-order valence-corrected chi connectivity index (χ1v) is 7.35. The Hall–Kier alpha value is -1.68. The molecule has 4 heteroatoms. The first-order chi connectivity index (χ1) is 9.69. The maximum absolute atomic E-state index is 5.67. The summed E-state index contributed by atoms with van der Waals surface area (Å²) in [6.07, 6.45) is 2.69. The summed E-state index contributed by atoms with van der Waals surface area (Å²) in [4.78, 5) is 4.62. The molecule has 0 saturated carbocycles. The minimum Gasteiger partial charge on any atom is -0.330 e. The van der Waals surface area contributed by atoms with Gasteiger partial charge in [0.2, 0.25) is 0 Å². The van der Waals surface area contributed by atoms with E-state index in [1.165, 1.54) is 5.56 Å². The largest absolute Gasteiger partial charge is 0.330 e. The van der Waals surface area contributed by atoms with Gasteiger partial charge in [0.05, 0.1) is 0 Å². The van der Waals surface area contributed by atoms with E-state index in [-0.39, 0.29) is 0 Å². The summed E-state index contributed by atoms with van der Waals surface area (Å²) in [5.41, 5.74) is 6.99. The molecule has 0 amide bonds. The monoisotopic (exact) mass is 272 g/mol. The van der Waals surface area contributed by atoms with E-state index in [1.54, 1.807) is 0 Å². The number of nitrogens with zero attached hydrogens (tertiary/aromatic N) is 3. The first kappa shape index (κ1) is 14.7. The molecule has 20 heavy (non-hydrogen) atoms. The highest BCUT2D eigenvalue weighted by molar-refractivity contribution is 5.14. The summed E-state index contributed by atoms with van der Waals surface area (Å²) in [6, 6.07) is 10.5. The van der Waals surface area contributed by atoms with Gasteiger partial charge in [-0.05, 0) is 24.4 Å². The fraction of sp³-hybridized carbons (Fsp3) is 0.500. The van der Waals surface area contributed by atoms with E-state index in [1.807, 2.05) is 10.7 Å². The van der Waals surface area contributed by atoms with Crippen molar-refractivity contribution in [1.82, 2.24) is 14.8 Å². The molecular formula is C16H24N4. The van der Waals surface area contributed by atoms with Gasteiger partial charge < -0.3 is 5.73 Å². The Morgan fingerprint density at radius 1 is 1.15 bits per heavy atom. The lowest BCUT2D eigenvalue weighted by Gasteiger charge is -2.05. The zero-order chi connectivity index (χ0) is 14.4. The third-order valence-corrected chi connectivity index (χ3v) is 3.21. The van der Waals surface area contributed by atoms with Gasteiger partial charge in [-0.3, -0.25) is 0 Å². The smallest absolute Gasteiger partial charge is 0.151 e. The van der Waals surface area contributed by atoms with Crippen LogP contribution in [0.5, 0.6) is 0 Å². The fourth-order valence-corrected chi connectivity index (χ4v) is 2.25. The van der Waals surface area contributed by atoms with E-state index >= 15 is 0 Å². The van der Waals surface area contributed by atoms with Crippen molar-refractivity contribution in [2.24, 2.45) is 11.7 Å². The highest BCUT2D eigenvalue weighted by atomic mass is 15.3. The normalized spacial score (nSPS) is 11.2. The van der Waals surface area contributed by atoms with Crippen LogP contribution in [0.4, 0.5) is 0 Å². The highest BCUT2D eigenvalue weighted by Gasteiger charge is 2.10. The quantitative estimate of drug-likeness (QED) is 0.841. The van der Waals surface area contributed by atoms with Crippen molar-refractivity contribution in [3.63, 3.8) is 0 Å². The molecule has 0 aliphatic carbocycles. The molecule has 1 heterocycles. The predicted octanol–water partition coefficient (Wildman–Crippen LogP) is 2.22. The van der Waals surface area contributed by atoms with Crippen molar-refractivity contribution >= 4 is 0 Å². The molecule has 0 aliphatic rings. The van der Waals surface area contributed by atoms with Gasteiger partial charge in [-0.15, -0.1) is 0 Å². The lowest BCUT2D eigenvalue weighted by Crippen LogP contribution is -2.12. The van der Waals surface area contributed by atoms with E-state index in [4.69, 9.17) is 5.73 Å². The first-order valence-electron chi connectivity index (χ1n) is 7.35. The average Bonchev–Trinajstić information content (AvgIpc) is 2.79. The van der Waals surface area contributed by atoms with E-state index in [2.05, 4.69) is 48.2 Å². The summed E-state index contributed by atoms with van der Waals surface area (Å²) in [6.45, 7) is 5.86. The number of hydrogen-bond acceptors (Lipinski definition) is 3. The maximum Gasteiger partial charge on any atom is 0.151 e. The second-order valence-corrected chi connectivity index (χ2v) is 5.54.